The van der Waals surface area contributed by atoms with Crippen LogP contribution in [-0.4, -0.2) is 43.5 Å². The van der Waals surface area contributed by atoms with Gasteiger partial charge in [-0.05, 0) is 50.7 Å². The van der Waals surface area contributed by atoms with Gasteiger partial charge in [0.1, 0.15) is 0 Å². The average molecular weight is 296 g/mol. The Morgan fingerprint density at radius 2 is 2.00 bits per heavy atom. The smallest absolute Gasteiger partial charge is 0.226 e. The number of carbonyl (C=O) groups is 1. The summed E-state index contributed by atoms with van der Waals surface area (Å²) in [5, 5.41) is 3.98. The molecule has 20 heavy (non-hydrogen) atoms. The molecule has 2 rings (SSSR count). The molecule has 0 saturated carbocycles. The van der Waals surface area contributed by atoms with Crippen molar-refractivity contribution >= 4 is 17.5 Å². The monoisotopic (exact) mass is 295 g/mol. The van der Waals surface area contributed by atoms with Crippen molar-refractivity contribution in [1.82, 2.24) is 10.2 Å². The zero-order valence-corrected chi connectivity index (χ0v) is 12.6. The van der Waals surface area contributed by atoms with Gasteiger partial charge in [-0.1, -0.05) is 23.7 Å². The molecule has 1 aliphatic heterocycles. The van der Waals surface area contributed by atoms with Gasteiger partial charge in [0.2, 0.25) is 5.91 Å². The van der Waals surface area contributed by atoms with Crippen LogP contribution in [0.5, 0.6) is 0 Å². The van der Waals surface area contributed by atoms with Crippen molar-refractivity contribution in [3.05, 3.63) is 34.9 Å². The van der Waals surface area contributed by atoms with Crippen molar-refractivity contribution in [2.45, 2.75) is 24.8 Å². The maximum atomic E-state index is 11.7. The fourth-order valence-electron chi connectivity index (χ4n) is 2.72. The van der Waals surface area contributed by atoms with Crippen molar-refractivity contribution in [2.75, 3.05) is 26.7 Å². The van der Waals surface area contributed by atoms with E-state index in [4.69, 9.17) is 17.3 Å². The lowest BCUT2D eigenvalue weighted by atomic mass is 9.96. The lowest BCUT2D eigenvalue weighted by Crippen LogP contribution is -2.44. The highest BCUT2D eigenvalue weighted by molar-refractivity contribution is 6.30. The number of carbonyl (C=O) groups excluding carboxylic acids is 1. The molecule has 0 aromatic heterocycles. The van der Waals surface area contributed by atoms with E-state index in [0.29, 0.717) is 17.6 Å². The molecule has 1 aromatic carbocycles. The maximum Gasteiger partial charge on any atom is 0.226 e. The van der Waals surface area contributed by atoms with Crippen LogP contribution in [0, 0.1) is 0 Å². The number of hydrogen-bond donors (Lipinski definition) is 2. The highest BCUT2D eigenvalue weighted by Gasteiger charge is 2.24. The standard InChI is InChI=1S/C15H22ClN3O/c1-18-13-6-8-19(9-7-13)10-14(15(17)20)11-2-4-12(16)5-3-11/h2-5,13-14,18H,6-10H2,1H3,(H2,17,20)/t14-/m1/s1. The van der Waals surface area contributed by atoms with Gasteiger partial charge in [-0.15, -0.1) is 0 Å². The highest BCUT2D eigenvalue weighted by atomic mass is 35.5. The van der Waals surface area contributed by atoms with Crippen LogP contribution >= 0.6 is 11.6 Å². The minimum atomic E-state index is -0.275. The molecule has 3 N–H and O–H groups in total. The summed E-state index contributed by atoms with van der Waals surface area (Å²) in [6.07, 6.45) is 2.23. The topological polar surface area (TPSA) is 58.4 Å². The molecular weight excluding hydrogens is 274 g/mol. The Balaban J connectivity index is 2.00. The van der Waals surface area contributed by atoms with E-state index in [1.54, 1.807) is 12.1 Å². The number of nitrogens with one attached hydrogen (secondary N) is 1. The maximum absolute atomic E-state index is 11.7. The van der Waals surface area contributed by atoms with Crippen molar-refractivity contribution < 1.29 is 4.79 Å². The summed E-state index contributed by atoms with van der Waals surface area (Å²) in [5.41, 5.74) is 6.51. The van der Waals surface area contributed by atoms with Crippen LogP contribution in [0.15, 0.2) is 24.3 Å². The Kier molecular flexibility index (Phi) is 5.40. The quantitative estimate of drug-likeness (QED) is 0.867. The zero-order chi connectivity index (χ0) is 14.5. The minimum absolute atomic E-state index is 0.265. The highest BCUT2D eigenvalue weighted by Crippen LogP contribution is 2.21. The molecule has 1 aromatic rings. The number of likely N-dealkylation sites (tertiary alicyclic amines) is 1. The summed E-state index contributed by atoms with van der Waals surface area (Å²) in [6, 6.07) is 7.98. The van der Waals surface area contributed by atoms with E-state index in [1.165, 1.54) is 0 Å². The molecule has 1 saturated heterocycles. The number of primary amides is 1. The van der Waals surface area contributed by atoms with E-state index in [-0.39, 0.29) is 11.8 Å². The first-order chi connectivity index (χ1) is 9.60. The van der Waals surface area contributed by atoms with Gasteiger partial charge >= 0.3 is 0 Å². The van der Waals surface area contributed by atoms with E-state index < -0.39 is 0 Å². The normalized spacial score (nSPS) is 18.9. The average Bonchev–Trinajstić information content (AvgIpc) is 2.46. The SMILES string of the molecule is CNC1CCN(C[C@@H](C(N)=O)c2ccc(Cl)cc2)CC1. The molecule has 1 fully saturated rings. The Hall–Kier alpha value is -1.10. The predicted molar refractivity (Wildman–Crippen MR) is 81.9 cm³/mol. The summed E-state index contributed by atoms with van der Waals surface area (Å²) >= 11 is 5.89. The number of hydrogen-bond acceptors (Lipinski definition) is 3. The third kappa shape index (κ3) is 3.95. The van der Waals surface area contributed by atoms with Gasteiger partial charge in [-0.2, -0.15) is 0 Å². The van der Waals surface area contributed by atoms with Crippen LogP contribution in [0.4, 0.5) is 0 Å². The van der Waals surface area contributed by atoms with Gasteiger partial charge < -0.3 is 16.0 Å². The van der Waals surface area contributed by atoms with Crippen LogP contribution in [0.25, 0.3) is 0 Å². The second-order valence-electron chi connectivity index (χ2n) is 5.37. The number of nitrogens with zero attached hydrogens (tertiary/aromatic N) is 1. The van der Waals surface area contributed by atoms with Crippen molar-refractivity contribution in [3.63, 3.8) is 0 Å². The number of halogens is 1. The molecule has 1 atom stereocenters. The Bertz CT molecular complexity index is 441. The fraction of sp³-hybridized carbons (Fsp3) is 0.533. The second-order valence-corrected chi connectivity index (χ2v) is 5.81. The molecule has 0 radical (unpaired) electrons. The summed E-state index contributed by atoms with van der Waals surface area (Å²) < 4.78 is 0. The van der Waals surface area contributed by atoms with E-state index in [1.807, 2.05) is 19.2 Å². The molecule has 0 bridgehead atoms. The largest absolute Gasteiger partial charge is 0.369 e. The lowest BCUT2D eigenvalue weighted by molar-refractivity contribution is -0.120. The summed E-state index contributed by atoms with van der Waals surface area (Å²) in [7, 11) is 2.00. The predicted octanol–water partition coefficient (Wildman–Crippen LogP) is 1.59. The third-order valence-electron chi connectivity index (χ3n) is 4.05. The third-order valence-corrected chi connectivity index (χ3v) is 4.30. The van der Waals surface area contributed by atoms with Crippen molar-refractivity contribution in [1.29, 1.82) is 0 Å². The molecule has 1 amide bonds. The molecular formula is C15H22ClN3O. The van der Waals surface area contributed by atoms with E-state index in [2.05, 4.69) is 10.2 Å². The molecule has 0 spiro atoms. The molecule has 5 heteroatoms. The first-order valence-corrected chi connectivity index (χ1v) is 7.42. The van der Waals surface area contributed by atoms with Crippen molar-refractivity contribution in [3.8, 4) is 0 Å². The minimum Gasteiger partial charge on any atom is -0.369 e. The van der Waals surface area contributed by atoms with Gasteiger partial charge in [-0.25, -0.2) is 0 Å². The second kappa shape index (κ2) is 7.07. The summed E-state index contributed by atoms with van der Waals surface area (Å²) in [6.45, 7) is 2.69. The molecule has 0 unspecified atom stereocenters. The van der Waals surface area contributed by atoms with Gasteiger partial charge in [0, 0.05) is 17.6 Å². The number of nitrogens with two attached hydrogens (primary N) is 1. The number of piperidine rings is 1. The van der Waals surface area contributed by atoms with Gasteiger partial charge in [0.15, 0.2) is 0 Å². The number of rotatable bonds is 5. The summed E-state index contributed by atoms with van der Waals surface area (Å²) in [5.74, 6) is -0.540. The van der Waals surface area contributed by atoms with E-state index in [9.17, 15) is 4.79 Å². The van der Waals surface area contributed by atoms with Crippen molar-refractivity contribution in [2.24, 2.45) is 5.73 Å². The Morgan fingerprint density at radius 1 is 1.40 bits per heavy atom. The Labute approximate surface area is 125 Å². The van der Waals surface area contributed by atoms with Crippen LogP contribution in [0.2, 0.25) is 5.02 Å². The molecule has 1 heterocycles. The number of amides is 1. The molecule has 1 aliphatic rings. The van der Waals surface area contributed by atoms with Crippen LogP contribution in [-0.2, 0) is 4.79 Å². The van der Waals surface area contributed by atoms with Crippen LogP contribution in [0.1, 0.15) is 24.3 Å². The molecule has 4 nitrogen and oxygen atoms in total. The van der Waals surface area contributed by atoms with Gasteiger partial charge in [0.05, 0.1) is 5.92 Å². The van der Waals surface area contributed by atoms with Crippen LogP contribution < -0.4 is 11.1 Å². The first kappa shape index (κ1) is 15.3. The fourth-order valence-corrected chi connectivity index (χ4v) is 2.84. The molecule has 110 valence electrons. The van der Waals surface area contributed by atoms with Gasteiger partial charge in [0.25, 0.3) is 0 Å². The number of benzene rings is 1. The Morgan fingerprint density at radius 3 is 2.50 bits per heavy atom. The first-order valence-electron chi connectivity index (χ1n) is 7.04. The summed E-state index contributed by atoms with van der Waals surface area (Å²) in [4.78, 5) is 14.0. The van der Waals surface area contributed by atoms with Crippen LogP contribution in [0.3, 0.4) is 0 Å². The lowest BCUT2D eigenvalue weighted by Gasteiger charge is -2.33. The zero-order valence-electron chi connectivity index (χ0n) is 11.8. The van der Waals surface area contributed by atoms with Gasteiger partial charge in [-0.3, -0.25) is 4.79 Å². The molecule has 0 aliphatic carbocycles. The van der Waals surface area contributed by atoms with E-state index >= 15 is 0 Å². The van der Waals surface area contributed by atoms with E-state index in [0.717, 1.165) is 31.5 Å².